The highest BCUT2D eigenvalue weighted by atomic mass is 79.9. The number of nitrogens with two attached hydrogens (primary N) is 1. The van der Waals surface area contributed by atoms with Crippen LogP contribution in [-0.2, 0) is 0 Å². The molecule has 0 saturated heterocycles. The lowest BCUT2D eigenvalue weighted by molar-refractivity contribution is 0.395. The number of allylic oxidation sites excluding steroid dienone is 1. The van der Waals surface area contributed by atoms with E-state index in [9.17, 15) is 5.26 Å². The number of nitriles is 1. The molecule has 1 aliphatic rings. The first-order chi connectivity index (χ1) is 13.0. The molecule has 4 rings (SSSR count). The zero-order valence-corrected chi connectivity index (χ0v) is 16.7. The van der Waals surface area contributed by atoms with Crippen LogP contribution in [0.2, 0.25) is 0 Å². The summed E-state index contributed by atoms with van der Waals surface area (Å²) in [6.07, 6.45) is 0. The first-order valence-corrected chi connectivity index (χ1v) is 9.68. The van der Waals surface area contributed by atoms with Gasteiger partial charge in [-0.1, -0.05) is 66.2 Å². The zero-order valence-electron chi connectivity index (χ0n) is 15.2. The van der Waals surface area contributed by atoms with E-state index in [1.807, 2.05) is 18.2 Å². The summed E-state index contributed by atoms with van der Waals surface area (Å²) in [7, 11) is 0. The molecule has 3 aromatic rings. The summed E-state index contributed by atoms with van der Waals surface area (Å²) in [5.74, 6) is 1.10. The molecule has 0 radical (unpaired) electrons. The van der Waals surface area contributed by atoms with Gasteiger partial charge in [0.2, 0.25) is 5.88 Å². The molecule has 0 aliphatic carbocycles. The molecule has 0 saturated carbocycles. The molecule has 1 heterocycles. The third-order valence-electron chi connectivity index (χ3n) is 5.10. The van der Waals surface area contributed by atoms with Crippen LogP contribution in [0.1, 0.15) is 42.4 Å². The zero-order chi connectivity index (χ0) is 19.1. The predicted octanol–water partition coefficient (Wildman–Crippen LogP) is 5.94. The van der Waals surface area contributed by atoms with E-state index in [2.05, 4.69) is 72.2 Å². The topological polar surface area (TPSA) is 59.0 Å². The van der Waals surface area contributed by atoms with Crippen molar-refractivity contribution < 1.29 is 4.74 Å². The molecule has 0 fully saturated rings. The lowest BCUT2D eigenvalue weighted by atomic mass is 9.80. The Balaban J connectivity index is 1.98. The van der Waals surface area contributed by atoms with Crippen LogP contribution in [0.5, 0.6) is 5.75 Å². The van der Waals surface area contributed by atoms with Crippen molar-refractivity contribution >= 4 is 26.7 Å². The third-order valence-corrected chi connectivity index (χ3v) is 5.60. The highest BCUT2D eigenvalue weighted by molar-refractivity contribution is 9.10. The lowest BCUT2D eigenvalue weighted by Gasteiger charge is -2.28. The maximum absolute atomic E-state index is 9.80. The van der Waals surface area contributed by atoms with Gasteiger partial charge in [0.15, 0.2) is 0 Å². The van der Waals surface area contributed by atoms with Gasteiger partial charge in [-0.3, -0.25) is 0 Å². The van der Waals surface area contributed by atoms with Crippen LogP contribution < -0.4 is 10.5 Å². The highest BCUT2D eigenvalue weighted by Crippen LogP contribution is 2.46. The summed E-state index contributed by atoms with van der Waals surface area (Å²) < 4.78 is 6.82. The molecule has 0 bridgehead atoms. The molecule has 3 aromatic carbocycles. The summed E-state index contributed by atoms with van der Waals surface area (Å²) in [6.45, 7) is 4.34. The monoisotopic (exact) mass is 418 g/mol. The summed E-state index contributed by atoms with van der Waals surface area (Å²) in [5, 5.41) is 12.0. The summed E-state index contributed by atoms with van der Waals surface area (Å²) in [6, 6.07) is 20.8. The van der Waals surface area contributed by atoms with Gasteiger partial charge >= 0.3 is 0 Å². The molecule has 134 valence electrons. The van der Waals surface area contributed by atoms with E-state index < -0.39 is 0 Å². The van der Waals surface area contributed by atoms with Gasteiger partial charge in [-0.05, 0) is 46.0 Å². The Bertz CT molecular complexity index is 1110. The number of benzene rings is 3. The maximum Gasteiger partial charge on any atom is 0.205 e. The van der Waals surface area contributed by atoms with Crippen LogP contribution >= 0.6 is 15.9 Å². The molecule has 0 spiro atoms. The average molecular weight is 419 g/mol. The number of hydrogen-bond acceptors (Lipinski definition) is 3. The quantitative estimate of drug-likeness (QED) is 0.559. The summed E-state index contributed by atoms with van der Waals surface area (Å²) in [5.41, 5.74) is 9.86. The summed E-state index contributed by atoms with van der Waals surface area (Å²) >= 11 is 3.53. The molecule has 1 atom stereocenters. The molecule has 0 aromatic heterocycles. The van der Waals surface area contributed by atoms with Gasteiger partial charge in [0.25, 0.3) is 0 Å². The Hall–Kier alpha value is -2.77. The van der Waals surface area contributed by atoms with E-state index in [0.717, 1.165) is 26.4 Å². The average Bonchev–Trinajstić information content (AvgIpc) is 2.66. The number of rotatable bonds is 2. The minimum absolute atomic E-state index is 0.180. The van der Waals surface area contributed by atoms with E-state index in [-0.39, 0.29) is 11.8 Å². The van der Waals surface area contributed by atoms with Crippen molar-refractivity contribution in [1.82, 2.24) is 0 Å². The Morgan fingerprint density at radius 3 is 2.48 bits per heavy atom. The van der Waals surface area contributed by atoms with Gasteiger partial charge in [-0.25, -0.2) is 0 Å². The van der Waals surface area contributed by atoms with Crippen molar-refractivity contribution in [1.29, 1.82) is 5.26 Å². The van der Waals surface area contributed by atoms with Crippen molar-refractivity contribution in [3.63, 3.8) is 0 Å². The standard InChI is InChI=1S/C23H19BrN2O/c1-13(2)14-3-5-15(6-4-14)21-19(12-25)23(26)27-20-10-7-16-11-17(24)8-9-18(16)22(20)21/h3-11,13,21H,26H2,1-2H3. The second-order valence-electron chi connectivity index (χ2n) is 7.09. The minimum Gasteiger partial charge on any atom is -0.440 e. The molecule has 2 N–H and O–H groups in total. The molecule has 0 amide bonds. The SMILES string of the molecule is CC(C)c1ccc(C2C(C#N)=C(N)Oc3ccc4cc(Br)ccc4c32)cc1. The molecule has 3 nitrogen and oxygen atoms in total. The fraction of sp³-hybridized carbons (Fsp3) is 0.174. The van der Waals surface area contributed by atoms with E-state index in [1.165, 1.54) is 5.56 Å². The Morgan fingerprint density at radius 1 is 1.07 bits per heavy atom. The molecule has 1 unspecified atom stereocenters. The van der Waals surface area contributed by atoms with E-state index in [0.29, 0.717) is 17.2 Å². The van der Waals surface area contributed by atoms with Gasteiger partial charge in [0.1, 0.15) is 17.4 Å². The number of fused-ring (bicyclic) bond motifs is 3. The molecular formula is C23H19BrN2O. The van der Waals surface area contributed by atoms with Crippen LogP contribution in [0.15, 0.2) is 70.5 Å². The first kappa shape index (κ1) is 17.6. The van der Waals surface area contributed by atoms with Crippen LogP contribution in [0, 0.1) is 11.3 Å². The van der Waals surface area contributed by atoms with Crippen LogP contribution in [0.4, 0.5) is 0 Å². The van der Waals surface area contributed by atoms with Crippen LogP contribution in [0.25, 0.3) is 10.8 Å². The number of halogens is 1. The Labute approximate surface area is 167 Å². The minimum atomic E-state index is -0.246. The number of hydrogen-bond donors (Lipinski definition) is 1. The van der Waals surface area contributed by atoms with E-state index >= 15 is 0 Å². The maximum atomic E-state index is 9.80. The highest BCUT2D eigenvalue weighted by Gasteiger charge is 2.32. The second kappa shape index (κ2) is 6.75. The van der Waals surface area contributed by atoms with Gasteiger partial charge in [0.05, 0.1) is 5.92 Å². The van der Waals surface area contributed by atoms with E-state index in [1.54, 1.807) is 0 Å². The fourth-order valence-corrected chi connectivity index (χ4v) is 4.06. The predicted molar refractivity (Wildman–Crippen MR) is 111 cm³/mol. The smallest absolute Gasteiger partial charge is 0.205 e. The molecule has 27 heavy (non-hydrogen) atoms. The van der Waals surface area contributed by atoms with Crippen molar-refractivity contribution in [2.75, 3.05) is 0 Å². The molecule has 1 aliphatic heterocycles. The van der Waals surface area contributed by atoms with Crippen molar-refractivity contribution in [3.8, 4) is 11.8 Å². The first-order valence-electron chi connectivity index (χ1n) is 8.89. The normalized spacial score (nSPS) is 16.2. The summed E-state index contributed by atoms with van der Waals surface area (Å²) in [4.78, 5) is 0. The van der Waals surface area contributed by atoms with Crippen LogP contribution in [-0.4, -0.2) is 0 Å². The Kier molecular flexibility index (Phi) is 4.41. The second-order valence-corrected chi connectivity index (χ2v) is 8.00. The number of ether oxygens (including phenoxy) is 1. The molecular weight excluding hydrogens is 400 g/mol. The number of nitrogens with zero attached hydrogens (tertiary/aromatic N) is 1. The third kappa shape index (κ3) is 2.98. The largest absolute Gasteiger partial charge is 0.440 e. The molecule has 4 heteroatoms. The van der Waals surface area contributed by atoms with Crippen LogP contribution in [0.3, 0.4) is 0 Å². The van der Waals surface area contributed by atoms with Crippen molar-refractivity contribution in [2.24, 2.45) is 5.73 Å². The Morgan fingerprint density at radius 2 is 1.81 bits per heavy atom. The van der Waals surface area contributed by atoms with Gasteiger partial charge < -0.3 is 10.5 Å². The fourth-order valence-electron chi connectivity index (χ4n) is 3.68. The lowest BCUT2D eigenvalue weighted by Crippen LogP contribution is -2.21. The van der Waals surface area contributed by atoms with Gasteiger partial charge in [0, 0.05) is 10.0 Å². The van der Waals surface area contributed by atoms with Crippen molar-refractivity contribution in [3.05, 3.63) is 87.2 Å². The van der Waals surface area contributed by atoms with E-state index in [4.69, 9.17) is 10.5 Å². The van der Waals surface area contributed by atoms with Crippen molar-refractivity contribution in [2.45, 2.75) is 25.7 Å². The van der Waals surface area contributed by atoms with Gasteiger partial charge in [-0.15, -0.1) is 0 Å². The van der Waals surface area contributed by atoms with Gasteiger partial charge in [-0.2, -0.15) is 5.26 Å².